The number of carboxylic acid groups (broad SMARTS) is 1. The van der Waals surface area contributed by atoms with Gasteiger partial charge in [-0.05, 0) is 162 Å². The number of rotatable bonds is 14. The molecule has 15 rings (SSSR count). The summed E-state index contributed by atoms with van der Waals surface area (Å²) in [6, 6.07) is 33.7. The topological polar surface area (TPSA) is 246 Å². The lowest BCUT2D eigenvalue weighted by molar-refractivity contribution is 0.0695. The lowest BCUT2D eigenvalue weighted by Gasteiger charge is -2.09. The molecule has 15 aromatic rings. The Hall–Kier alpha value is -10.6. The first-order chi connectivity index (χ1) is 49.5. The fourth-order valence-corrected chi connectivity index (χ4v) is 12.6. The third-order valence-electron chi connectivity index (χ3n) is 16.4. The number of nitrogens with two attached hydrogens (primary N) is 1. The molecule has 0 bridgehead atoms. The summed E-state index contributed by atoms with van der Waals surface area (Å²) in [5.41, 5.74) is 16.1. The van der Waals surface area contributed by atoms with Crippen molar-refractivity contribution in [2.45, 2.75) is 45.8 Å². The number of pyridine rings is 6. The Kier molecular flexibility index (Phi) is 22.2. The number of halogens is 11. The third kappa shape index (κ3) is 17.3. The van der Waals surface area contributed by atoms with Gasteiger partial charge in [-0.1, -0.05) is 69.6 Å². The molecule has 0 saturated carbocycles. The van der Waals surface area contributed by atoms with Gasteiger partial charge in [0.1, 0.15) is 45.6 Å². The van der Waals surface area contributed by atoms with Gasteiger partial charge < -0.3 is 36.4 Å². The molecule has 8 N–H and O–H groups in total. The van der Waals surface area contributed by atoms with E-state index in [9.17, 15) is 36.3 Å². The van der Waals surface area contributed by atoms with E-state index in [0.717, 1.165) is 21.5 Å². The van der Waals surface area contributed by atoms with Gasteiger partial charge in [0.2, 0.25) is 0 Å². The van der Waals surface area contributed by atoms with E-state index < -0.39 is 35.1 Å². The Bertz CT molecular complexity index is 5570. The molecule has 0 unspecified atom stereocenters. The molecule has 518 valence electrons. The van der Waals surface area contributed by atoms with E-state index in [1.807, 2.05) is 6.07 Å². The van der Waals surface area contributed by atoms with Crippen LogP contribution in [-0.4, -0.2) is 67.7 Å². The maximum absolute atomic E-state index is 14.5. The molecule has 0 aliphatic rings. The molecule has 27 heteroatoms. The highest BCUT2D eigenvalue weighted by Crippen LogP contribution is 2.31. The van der Waals surface area contributed by atoms with Gasteiger partial charge in [0.15, 0.2) is 0 Å². The number of hydrogen-bond donors (Lipinski definition) is 7. The Labute approximate surface area is 612 Å². The van der Waals surface area contributed by atoms with Crippen LogP contribution in [0.4, 0.5) is 22.0 Å². The van der Waals surface area contributed by atoms with E-state index in [2.05, 4.69) is 68.5 Å². The molecule has 0 aliphatic carbocycles. The fourth-order valence-electron chi connectivity index (χ4n) is 11.4. The van der Waals surface area contributed by atoms with Crippen molar-refractivity contribution in [3.8, 4) is 0 Å². The Morgan fingerprint density at radius 1 is 0.427 bits per heavy atom. The predicted molar refractivity (Wildman–Crippen MR) is 393 cm³/mol. The van der Waals surface area contributed by atoms with Crippen LogP contribution in [0.1, 0.15) is 87.1 Å². The SMILES string of the molecule is Cc1cc2[nH]cc(Cl)c2cc1CN.O=C(NCc1cc2c(Cl)c[nH]c2cc1F)c1ccnc(Cc2cc(F)c3ncc(Cl)cc3c2)c1.O=C(NCc1cc2c(Cl)c[nH]c2cc1F)c1ccnc(Cc2cc(F)c3ncc(Cl)cc3c2)c1.O=C(O)c1ccnc(Cc2cc(F)c3ncc(Cl)cc3c2)c1. The molecule has 0 radical (unpaired) electrons. The average Bonchev–Trinajstić information content (AvgIpc) is 1.76. The van der Waals surface area contributed by atoms with Crippen LogP contribution in [0, 0.1) is 36.0 Å². The second-order valence-corrected chi connectivity index (χ2v) is 26.2. The lowest BCUT2D eigenvalue weighted by atomic mass is 10.0. The summed E-state index contributed by atoms with van der Waals surface area (Å²) in [6.07, 6.45) is 14.5. The molecule has 6 aromatic carbocycles. The van der Waals surface area contributed by atoms with Crippen LogP contribution in [0.15, 0.2) is 183 Å². The van der Waals surface area contributed by atoms with Gasteiger partial charge in [-0.25, -0.2) is 26.7 Å². The molecular weight excluding hydrogens is 1450 g/mol. The van der Waals surface area contributed by atoms with Crippen molar-refractivity contribution >= 4 is 153 Å². The van der Waals surface area contributed by atoms with E-state index in [1.54, 1.807) is 91.4 Å². The van der Waals surface area contributed by atoms with Crippen LogP contribution < -0.4 is 16.4 Å². The van der Waals surface area contributed by atoms with Gasteiger partial charge in [0, 0.05) is 183 Å². The monoisotopic (exact) mass is 1500 g/mol. The van der Waals surface area contributed by atoms with Crippen molar-refractivity contribution in [1.29, 1.82) is 0 Å². The van der Waals surface area contributed by atoms with Gasteiger partial charge in [0.05, 0.1) is 35.7 Å². The summed E-state index contributed by atoms with van der Waals surface area (Å²) in [4.78, 5) is 70.0. The Balaban J connectivity index is 0.000000136. The molecule has 0 spiro atoms. The number of carboxylic acids is 1. The molecule has 0 atom stereocenters. The zero-order valence-corrected chi connectivity index (χ0v) is 58.2. The van der Waals surface area contributed by atoms with Crippen LogP contribution in [0.25, 0.3) is 65.4 Å². The number of aromatic carboxylic acids is 1. The minimum Gasteiger partial charge on any atom is -0.478 e. The number of aromatic amines is 3. The van der Waals surface area contributed by atoms with E-state index in [-0.39, 0.29) is 47.0 Å². The van der Waals surface area contributed by atoms with Crippen LogP contribution in [-0.2, 0) is 38.9 Å². The van der Waals surface area contributed by atoms with Crippen LogP contribution in [0.2, 0.25) is 30.1 Å². The second kappa shape index (κ2) is 31.7. The molecule has 9 aromatic heterocycles. The first-order valence-electron chi connectivity index (χ1n) is 31.2. The molecular formula is C76H53Cl6F5N12O4. The largest absolute Gasteiger partial charge is 0.478 e. The summed E-state index contributed by atoms with van der Waals surface area (Å²) >= 11 is 36.0. The molecule has 103 heavy (non-hydrogen) atoms. The maximum atomic E-state index is 14.5. The number of carbonyl (C=O) groups is 3. The summed E-state index contributed by atoms with van der Waals surface area (Å²) in [5.74, 6) is -4.06. The van der Waals surface area contributed by atoms with Crippen LogP contribution in [0.3, 0.4) is 0 Å². The van der Waals surface area contributed by atoms with Crippen molar-refractivity contribution in [2.24, 2.45) is 5.73 Å². The third-order valence-corrected chi connectivity index (χ3v) is 18.0. The first-order valence-corrected chi connectivity index (χ1v) is 33.5. The van der Waals surface area contributed by atoms with Crippen molar-refractivity contribution in [2.75, 3.05) is 0 Å². The van der Waals surface area contributed by atoms with Gasteiger partial charge in [-0.3, -0.25) is 39.5 Å². The number of nitrogens with zero attached hydrogens (tertiary/aromatic N) is 6. The quantitative estimate of drug-likeness (QED) is 0.0505. The van der Waals surface area contributed by atoms with Gasteiger partial charge >= 0.3 is 5.97 Å². The number of fused-ring (bicyclic) bond motifs is 6. The van der Waals surface area contributed by atoms with Crippen molar-refractivity contribution in [3.63, 3.8) is 0 Å². The molecule has 0 saturated heterocycles. The van der Waals surface area contributed by atoms with Gasteiger partial charge in [0.25, 0.3) is 11.8 Å². The number of hydrogen-bond acceptors (Lipinski definition) is 10. The van der Waals surface area contributed by atoms with Crippen molar-refractivity contribution in [3.05, 3.63) is 315 Å². The normalized spacial score (nSPS) is 11.2. The highest BCUT2D eigenvalue weighted by atomic mass is 35.5. The van der Waals surface area contributed by atoms with Crippen LogP contribution >= 0.6 is 69.6 Å². The Morgan fingerprint density at radius 2 is 0.767 bits per heavy atom. The number of carbonyl (C=O) groups excluding carboxylic acids is 2. The van der Waals surface area contributed by atoms with E-state index in [4.69, 9.17) is 80.4 Å². The average molecular weight is 1510 g/mol. The van der Waals surface area contributed by atoms with Crippen molar-refractivity contribution in [1.82, 2.24) is 55.5 Å². The zero-order valence-electron chi connectivity index (χ0n) is 53.7. The standard InChI is InChI=1S/2C25H16Cl2F2N4O.C16H10ClFN2O2.C10H11ClN2/c2*26-17-6-15-3-13(5-22(29)24(15)32-11-17)4-18-7-14(1-2-30-18)25(34)33-10-16-8-19-20(27)12-31-23(19)9-21(16)28;17-12-6-11-3-9(5-14(18)15(11)20-8-12)4-13-7-10(16(21)22)1-2-19-13;1-6-2-10-8(3-7(6)4-12)9(11)5-13-10/h2*1-3,5-9,11-12,31H,4,10H2,(H,33,34);1-3,5-8H,4H2,(H,21,22);2-3,5,13H,4,12H2,1H3. The molecule has 0 aliphatic heterocycles. The van der Waals surface area contributed by atoms with Gasteiger partial charge in [-0.15, -0.1) is 0 Å². The summed E-state index contributed by atoms with van der Waals surface area (Å²) in [5, 5.41) is 21.5. The zero-order chi connectivity index (χ0) is 72.8. The summed E-state index contributed by atoms with van der Waals surface area (Å²) in [7, 11) is 0. The fraction of sp³-hybridized carbons (Fsp3) is 0.0921. The molecule has 9 heterocycles. The van der Waals surface area contributed by atoms with Crippen molar-refractivity contribution < 1.29 is 41.4 Å². The number of aryl methyl sites for hydroxylation is 1. The molecule has 16 nitrogen and oxygen atoms in total. The number of benzene rings is 6. The smallest absolute Gasteiger partial charge is 0.335 e. The number of H-pyrrole nitrogens is 3. The maximum Gasteiger partial charge on any atom is 0.335 e. The highest BCUT2D eigenvalue weighted by molar-refractivity contribution is 6.36. The summed E-state index contributed by atoms with van der Waals surface area (Å²) < 4.78 is 71.8. The van der Waals surface area contributed by atoms with Crippen LogP contribution in [0.5, 0.6) is 0 Å². The molecule has 0 fully saturated rings. The van der Waals surface area contributed by atoms with E-state index in [1.165, 1.54) is 85.2 Å². The highest BCUT2D eigenvalue weighted by Gasteiger charge is 2.18. The van der Waals surface area contributed by atoms with E-state index >= 15 is 0 Å². The number of nitrogens with one attached hydrogen (secondary N) is 5. The minimum absolute atomic E-state index is 0.0105. The second-order valence-electron chi connectivity index (χ2n) is 23.6. The number of amides is 2. The first kappa shape index (κ1) is 72.2. The number of aromatic nitrogens is 9. The van der Waals surface area contributed by atoms with E-state index in [0.29, 0.717) is 145 Å². The van der Waals surface area contributed by atoms with Gasteiger partial charge in [-0.2, -0.15) is 0 Å². The predicted octanol–water partition coefficient (Wildman–Crippen LogP) is 18.7. The Morgan fingerprint density at radius 3 is 1.13 bits per heavy atom. The minimum atomic E-state index is -1.02. The lowest BCUT2D eigenvalue weighted by Crippen LogP contribution is -2.23. The molecule has 2 amide bonds. The summed E-state index contributed by atoms with van der Waals surface area (Å²) in [6.45, 7) is 2.59.